The Morgan fingerprint density at radius 2 is 1.92 bits per heavy atom. The molecule has 9 nitrogen and oxygen atoms in total. The molecule has 4 aromatic rings. The lowest BCUT2D eigenvalue weighted by Crippen LogP contribution is -2.36. The summed E-state index contributed by atoms with van der Waals surface area (Å²) in [4.78, 5) is 11.9. The number of hydrogen-bond acceptors (Lipinski definition) is 9. The minimum atomic E-state index is 0.450. The molecule has 2 unspecified atom stereocenters. The third-order valence-corrected chi connectivity index (χ3v) is 9.76. The molecule has 2 saturated heterocycles. The van der Waals surface area contributed by atoms with Crippen molar-refractivity contribution < 1.29 is 9.47 Å². The number of methoxy groups -OCH3 is 2. The lowest BCUT2D eigenvalue weighted by molar-refractivity contribution is 0.394. The number of fused-ring (bicyclic) bond motifs is 1. The zero-order valence-corrected chi connectivity index (χ0v) is 22.6. The molecule has 2 aromatic carbocycles. The highest BCUT2D eigenvalue weighted by atomic mass is 32.2. The molecule has 2 aromatic heterocycles. The Labute approximate surface area is 226 Å². The van der Waals surface area contributed by atoms with Crippen molar-refractivity contribution >= 4 is 34.4 Å². The van der Waals surface area contributed by atoms with Crippen molar-refractivity contribution in [3.05, 3.63) is 55.0 Å². The van der Waals surface area contributed by atoms with Crippen molar-refractivity contribution in [3.8, 4) is 22.8 Å². The molecule has 38 heavy (non-hydrogen) atoms. The van der Waals surface area contributed by atoms with E-state index in [-0.39, 0.29) is 0 Å². The van der Waals surface area contributed by atoms with E-state index in [1.165, 1.54) is 13.0 Å². The average molecular weight is 530 g/mol. The van der Waals surface area contributed by atoms with Gasteiger partial charge in [0.25, 0.3) is 0 Å². The van der Waals surface area contributed by atoms with Crippen LogP contribution in [0.4, 0.5) is 11.4 Å². The molecule has 10 heteroatoms. The second kappa shape index (κ2) is 9.14. The molecule has 0 amide bonds. The minimum absolute atomic E-state index is 0.450. The van der Waals surface area contributed by atoms with E-state index in [0.29, 0.717) is 10.8 Å². The Morgan fingerprint density at radius 1 is 1.08 bits per heavy atom. The first-order valence-electron chi connectivity index (χ1n) is 13.0. The number of anilines is 2. The number of rotatable bonds is 8. The number of ether oxygens (including phenoxy) is 2. The summed E-state index contributed by atoms with van der Waals surface area (Å²) in [5.74, 6) is 2.37. The van der Waals surface area contributed by atoms with Gasteiger partial charge in [0.1, 0.15) is 11.5 Å². The van der Waals surface area contributed by atoms with Crippen LogP contribution >= 0.6 is 11.9 Å². The third kappa shape index (κ3) is 4.07. The Kier molecular flexibility index (Phi) is 5.72. The van der Waals surface area contributed by atoms with Crippen LogP contribution in [-0.2, 0) is 7.05 Å². The first-order valence-corrected chi connectivity index (χ1v) is 13.8. The zero-order chi connectivity index (χ0) is 25.9. The fraction of sp³-hybridized carbons (Fsp3) is 0.393. The number of hydrogen-bond donors (Lipinski definition) is 1. The van der Waals surface area contributed by atoms with Crippen LogP contribution in [-0.4, -0.2) is 75.2 Å². The number of piperidine rings is 1. The maximum Gasteiger partial charge on any atom is 0.124 e. The van der Waals surface area contributed by atoms with Crippen LogP contribution in [0.25, 0.3) is 22.3 Å². The molecule has 3 fully saturated rings. The van der Waals surface area contributed by atoms with Crippen molar-refractivity contribution in [2.45, 2.75) is 17.2 Å². The van der Waals surface area contributed by atoms with Crippen molar-refractivity contribution in [1.29, 1.82) is 0 Å². The first-order chi connectivity index (χ1) is 18.5. The third-order valence-electron chi connectivity index (χ3n) is 8.04. The van der Waals surface area contributed by atoms with Gasteiger partial charge < -0.3 is 19.7 Å². The van der Waals surface area contributed by atoms with Gasteiger partial charge in [0.05, 0.1) is 48.1 Å². The molecular formula is C28H31N7O2S. The summed E-state index contributed by atoms with van der Waals surface area (Å²) in [6.45, 7) is 4.03. The van der Waals surface area contributed by atoms with E-state index in [2.05, 4.69) is 60.8 Å². The average Bonchev–Trinajstić information content (AvgIpc) is 3.21. The van der Waals surface area contributed by atoms with E-state index in [1.54, 1.807) is 18.9 Å². The molecule has 2 aliphatic heterocycles. The maximum absolute atomic E-state index is 5.61. The molecule has 1 saturated carbocycles. The van der Waals surface area contributed by atoms with Crippen LogP contribution in [0.1, 0.15) is 6.42 Å². The Balaban J connectivity index is 1.23. The molecule has 196 valence electrons. The smallest absolute Gasteiger partial charge is 0.124 e. The van der Waals surface area contributed by atoms with E-state index in [0.717, 1.165) is 70.7 Å². The zero-order valence-electron chi connectivity index (χ0n) is 21.8. The van der Waals surface area contributed by atoms with Crippen LogP contribution < -0.4 is 19.7 Å². The van der Waals surface area contributed by atoms with Gasteiger partial charge in [-0.1, -0.05) is 11.9 Å². The highest BCUT2D eigenvalue weighted by Gasteiger charge is 2.67. The quantitative estimate of drug-likeness (QED) is 0.342. The van der Waals surface area contributed by atoms with Gasteiger partial charge in [0.2, 0.25) is 0 Å². The molecule has 3 atom stereocenters. The summed E-state index contributed by atoms with van der Waals surface area (Å²) in [6, 6.07) is 12.9. The molecule has 1 N–H and O–H groups in total. The van der Waals surface area contributed by atoms with Gasteiger partial charge in [0.15, 0.2) is 0 Å². The minimum Gasteiger partial charge on any atom is -0.497 e. The van der Waals surface area contributed by atoms with Gasteiger partial charge in [0, 0.05) is 74.1 Å². The van der Waals surface area contributed by atoms with Gasteiger partial charge in [-0.3, -0.25) is 9.67 Å². The van der Waals surface area contributed by atoms with E-state index in [9.17, 15) is 0 Å². The van der Waals surface area contributed by atoms with Crippen molar-refractivity contribution in [3.63, 3.8) is 0 Å². The van der Waals surface area contributed by atoms with E-state index in [4.69, 9.17) is 14.5 Å². The Bertz CT molecular complexity index is 1490. The standard InChI is InChI=1S/C28H31N7O2S/c1-33-16-18(13-31-33)26-15-29-24-5-4-20(10-25(24)32-26)35(21-8-22(36-2)11-23(9-21)37-3)7-6-34-17-27-28(38-34)12-19(28)14-30-27/h4-5,8-11,13,15-16,19,27,30H,6-7,12,14,17H2,1-3H3/t19?,27-,28?/m1/s1. The SMILES string of the molecule is COc1cc(OC)cc(N(CCN2C[C@H]3NCC4CC43S2)c2ccc3ncc(-c4cnn(C)c4)nc3c2)c1. The van der Waals surface area contributed by atoms with Crippen molar-refractivity contribution in [2.24, 2.45) is 13.0 Å². The Hall–Kier alpha value is -3.34. The number of benzene rings is 2. The molecule has 1 aliphatic carbocycles. The van der Waals surface area contributed by atoms with Gasteiger partial charge in [-0.2, -0.15) is 5.10 Å². The number of aryl methyl sites for hydroxylation is 1. The molecule has 1 spiro atoms. The topological polar surface area (TPSA) is 80.6 Å². The number of nitrogens with one attached hydrogen (secondary N) is 1. The second-order valence-electron chi connectivity index (χ2n) is 10.3. The van der Waals surface area contributed by atoms with Crippen LogP contribution in [0.15, 0.2) is 55.0 Å². The highest BCUT2D eigenvalue weighted by Crippen LogP contribution is 2.63. The van der Waals surface area contributed by atoms with Crippen molar-refractivity contribution in [1.82, 2.24) is 29.4 Å². The summed E-state index contributed by atoms with van der Waals surface area (Å²) >= 11 is 2.07. The first kappa shape index (κ1) is 23.8. The van der Waals surface area contributed by atoms with Gasteiger partial charge in [-0.15, -0.1) is 0 Å². The maximum atomic E-state index is 5.61. The van der Waals surface area contributed by atoms with Crippen LogP contribution in [0.3, 0.4) is 0 Å². The Morgan fingerprint density at radius 3 is 2.63 bits per heavy atom. The summed E-state index contributed by atoms with van der Waals surface area (Å²) in [5.41, 5.74) is 5.53. The number of nitrogens with zero attached hydrogens (tertiary/aromatic N) is 6. The van der Waals surface area contributed by atoms with E-state index >= 15 is 0 Å². The molecule has 0 bridgehead atoms. The van der Waals surface area contributed by atoms with Gasteiger partial charge in [-0.05, 0) is 37.1 Å². The second-order valence-corrected chi connectivity index (χ2v) is 11.8. The van der Waals surface area contributed by atoms with Crippen molar-refractivity contribution in [2.75, 3.05) is 45.3 Å². The molecule has 4 heterocycles. The van der Waals surface area contributed by atoms with E-state index < -0.39 is 0 Å². The normalized spacial score (nSPS) is 23.9. The predicted molar refractivity (Wildman–Crippen MR) is 150 cm³/mol. The molecular weight excluding hydrogens is 498 g/mol. The van der Waals surface area contributed by atoms with Gasteiger partial charge >= 0.3 is 0 Å². The molecule has 0 radical (unpaired) electrons. The number of aromatic nitrogens is 4. The summed E-state index contributed by atoms with van der Waals surface area (Å²) < 4.78 is 16.0. The van der Waals surface area contributed by atoms with E-state index in [1.807, 2.05) is 37.8 Å². The summed E-state index contributed by atoms with van der Waals surface area (Å²) in [7, 11) is 5.28. The van der Waals surface area contributed by atoms with Crippen LogP contribution in [0.2, 0.25) is 0 Å². The fourth-order valence-corrected chi connectivity index (χ4v) is 7.57. The monoisotopic (exact) mass is 529 g/mol. The van der Waals surface area contributed by atoms with Crippen LogP contribution in [0.5, 0.6) is 11.5 Å². The van der Waals surface area contributed by atoms with Gasteiger partial charge in [-0.25, -0.2) is 9.29 Å². The fourth-order valence-electron chi connectivity index (χ4n) is 5.90. The summed E-state index contributed by atoms with van der Waals surface area (Å²) in [5, 5.41) is 8.02. The lowest BCUT2D eigenvalue weighted by Gasteiger charge is -2.28. The van der Waals surface area contributed by atoms with Crippen LogP contribution in [0, 0.1) is 5.92 Å². The largest absolute Gasteiger partial charge is 0.497 e. The highest BCUT2D eigenvalue weighted by molar-refractivity contribution is 7.99. The molecule has 7 rings (SSSR count). The summed E-state index contributed by atoms with van der Waals surface area (Å²) in [6.07, 6.45) is 6.93. The lowest BCUT2D eigenvalue weighted by atomic mass is 10.2. The molecule has 3 aliphatic rings. The predicted octanol–water partition coefficient (Wildman–Crippen LogP) is 3.88.